The number of piperidine rings is 1. The molecule has 0 radical (unpaired) electrons. The molecule has 5 heteroatoms. The summed E-state index contributed by atoms with van der Waals surface area (Å²) in [7, 11) is 0. The number of halogens is 1. The van der Waals surface area contributed by atoms with Crippen LogP contribution in [0.25, 0.3) is 0 Å². The molecule has 3 heterocycles. The van der Waals surface area contributed by atoms with Gasteiger partial charge in [-0.15, -0.1) is 0 Å². The van der Waals surface area contributed by atoms with Crippen molar-refractivity contribution in [3.8, 4) is 5.75 Å². The van der Waals surface area contributed by atoms with Gasteiger partial charge in [0.2, 0.25) is 5.72 Å². The molecule has 1 spiro atoms. The van der Waals surface area contributed by atoms with Crippen LogP contribution in [-0.2, 0) is 0 Å². The standard InChI is InChI=1S/C23H26FN3O/c1-2-13-26-14-11-23(12-15-26)27-21(19-5-3-4-6-22(19)28-23)16-20(25-27)17-7-9-18(24)10-8-17/h3-10,21H,2,11-16H2,1H3/p+1/t21-/m0/s1. The number of nitrogens with zero attached hydrogens (tertiary/aromatic N) is 2. The molecule has 28 heavy (non-hydrogen) atoms. The molecule has 0 aliphatic carbocycles. The number of nitrogens with one attached hydrogen (secondary N) is 1. The zero-order valence-electron chi connectivity index (χ0n) is 16.3. The van der Waals surface area contributed by atoms with Gasteiger partial charge in [-0.2, -0.15) is 5.10 Å². The van der Waals surface area contributed by atoms with E-state index >= 15 is 0 Å². The lowest BCUT2D eigenvalue weighted by Gasteiger charge is -2.50. The van der Waals surface area contributed by atoms with E-state index in [1.54, 1.807) is 4.90 Å². The number of hydrogen-bond donors (Lipinski definition) is 1. The fourth-order valence-corrected chi connectivity index (χ4v) is 4.97. The molecule has 146 valence electrons. The average Bonchev–Trinajstić information content (AvgIpc) is 3.17. The minimum atomic E-state index is -0.363. The van der Waals surface area contributed by atoms with Gasteiger partial charge in [-0.1, -0.05) is 37.3 Å². The van der Waals surface area contributed by atoms with Crippen LogP contribution in [0.3, 0.4) is 0 Å². The number of fused-ring (bicyclic) bond motifs is 4. The van der Waals surface area contributed by atoms with Crippen LogP contribution >= 0.6 is 0 Å². The third-order valence-corrected chi connectivity index (χ3v) is 6.43. The zero-order valence-corrected chi connectivity index (χ0v) is 16.3. The van der Waals surface area contributed by atoms with Gasteiger partial charge in [0.1, 0.15) is 11.6 Å². The van der Waals surface area contributed by atoms with Crippen molar-refractivity contribution in [3.05, 3.63) is 65.5 Å². The van der Waals surface area contributed by atoms with E-state index in [-0.39, 0.29) is 17.6 Å². The van der Waals surface area contributed by atoms with E-state index in [4.69, 9.17) is 9.84 Å². The molecule has 3 aliphatic rings. The lowest BCUT2D eigenvalue weighted by atomic mass is 9.90. The van der Waals surface area contributed by atoms with Crippen LogP contribution in [0.5, 0.6) is 5.75 Å². The lowest BCUT2D eigenvalue weighted by Crippen LogP contribution is -3.14. The molecule has 0 unspecified atom stereocenters. The summed E-state index contributed by atoms with van der Waals surface area (Å²) in [5.41, 5.74) is 2.86. The molecule has 0 amide bonds. The van der Waals surface area contributed by atoms with Crippen molar-refractivity contribution < 1.29 is 14.0 Å². The lowest BCUT2D eigenvalue weighted by molar-refractivity contribution is -0.908. The van der Waals surface area contributed by atoms with Crippen molar-refractivity contribution in [2.45, 2.75) is 44.4 Å². The Morgan fingerprint density at radius 1 is 1.14 bits per heavy atom. The number of benzene rings is 2. The highest BCUT2D eigenvalue weighted by molar-refractivity contribution is 6.01. The Bertz CT molecular complexity index is 887. The van der Waals surface area contributed by atoms with Crippen LogP contribution in [0.1, 0.15) is 49.8 Å². The minimum absolute atomic E-state index is 0.192. The number of hydrogen-bond acceptors (Lipinski definition) is 3. The van der Waals surface area contributed by atoms with Gasteiger partial charge >= 0.3 is 0 Å². The van der Waals surface area contributed by atoms with Gasteiger partial charge in [0.25, 0.3) is 0 Å². The molecule has 2 aromatic carbocycles. The Morgan fingerprint density at radius 3 is 2.64 bits per heavy atom. The highest BCUT2D eigenvalue weighted by Gasteiger charge is 2.52. The molecule has 0 bridgehead atoms. The maximum Gasteiger partial charge on any atom is 0.208 e. The summed E-state index contributed by atoms with van der Waals surface area (Å²) in [5, 5.41) is 7.28. The van der Waals surface area contributed by atoms with Crippen LogP contribution < -0.4 is 9.64 Å². The maximum absolute atomic E-state index is 13.4. The van der Waals surface area contributed by atoms with Crippen molar-refractivity contribution in [1.29, 1.82) is 0 Å². The third kappa shape index (κ3) is 2.89. The molecule has 1 N–H and O–H groups in total. The molecule has 1 fully saturated rings. The second kappa shape index (κ2) is 6.89. The molecule has 4 nitrogen and oxygen atoms in total. The first-order valence-corrected chi connectivity index (χ1v) is 10.4. The van der Waals surface area contributed by atoms with E-state index < -0.39 is 0 Å². The van der Waals surface area contributed by atoms with Crippen molar-refractivity contribution in [3.63, 3.8) is 0 Å². The summed E-state index contributed by atoms with van der Waals surface area (Å²) in [6.07, 6.45) is 4.01. The van der Waals surface area contributed by atoms with Gasteiger partial charge in [-0.3, -0.25) is 0 Å². The Balaban J connectivity index is 1.51. The second-order valence-corrected chi connectivity index (χ2v) is 8.20. The van der Waals surface area contributed by atoms with Crippen LogP contribution in [-0.4, -0.2) is 36.1 Å². The Labute approximate surface area is 165 Å². The molecule has 0 saturated carbocycles. The molecule has 1 saturated heterocycles. The summed E-state index contributed by atoms with van der Waals surface area (Å²) in [4.78, 5) is 1.66. The summed E-state index contributed by atoms with van der Waals surface area (Å²) >= 11 is 0. The fraction of sp³-hybridized carbons (Fsp3) is 0.435. The van der Waals surface area contributed by atoms with Crippen molar-refractivity contribution >= 4 is 5.71 Å². The van der Waals surface area contributed by atoms with Crippen LogP contribution in [0.4, 0.5) is 4.39 Å². The Kier molecular flexibility index (Phi) is 4.35. The molecular weight excluding hydrogens is 353 g/mol. The largest absolute Gasteiger partial charge is 0.466 e. The van der Waals surface area contributed by atoms with Gasteiger partial charge in [0.05, 0.1) is 44.2 Å². The van der Waals surface area contributed by atoms with Gasteiger partial charge in [0.15, 0.2) is 0 Å². The predicted molar refractivity (Wildman–Crippen MR) is 107 cm³/mol. The topological polar surface area (TPSA) is 29.3 Å². The van der Waals surface area contributed by atoms with E-state index in [2.05, 4.69) is 36.2 Å². The summed E-state index contributed by atoms with van der Waals surface area (Å²) in [6, 6.07) is 15.3. The number of quaternary nitrogens is 1. The van der Waals surface area contributed by atoms with E-state index in [9.17, 15) is 4.39 Å². The zero-order chi connectivity index (χ0) is 19.1. The predicted octanol–water partition coefficient (Wildman–Crippen LogP) is 3.15. The van der Waals surface area contributed by atoms with Crippen LogP contribution in [0.15, 0.2) is 53.6 Å². The molecule has 2 aromatic rings. The van der Waals surface area contributed by atoms with Crippen molar-refractivity contribution in [2.24, 2.45) is 5.10 Å². The molecular formula is C23H27FN3O+. The molecule has 3 aliphatic heterocycles. The Morgan fingerprint density at radius 2 is 1.89 bits per heavy atom. The van der Waals surface area contributed by atoms with E-state index in [0.29, 0.717) is 0 Å². The smallest absolute Gasteiger partial charge is 0.208 e. The van der Waals surface area contributed by atoms with Gasteiger partial charge < -0.3 is 9.64 Å². The van der Waals surface area contributed by atoms with E-state index in [1.165, 1.54) is 30.7 Å². The summed E-state index contributed by atoms with van der Waals surface area (Å²) in [5.74, 6) is 0.787. The minimum Gasteiger partial charge on any atom is -0.466 e. The summed E-state index contributed by atoms with van der Waals surface area (Å²) in [6.45, 7) is 5.70. The number of hydrazone groups is 1. The molecule has 1 atom stereocenters. The van der Waals surface area contributed by atoms with Crippen LogP contribution in [0, 0.1) is 5.82 Å². The summed E-state index contributed by atoms with van der Waals surface area (Å²) < 4.78 is 20.0. The average molecular weight is 380 g/mol. The number of rotatable bonds is 3. The first kappa shape index (κ1) is 17.7. The first-order chi connectivity index (χ1) is 13.7. The van der Waals surface area contributed by atoms with Gasteiger partial charge in [-0.05, 0) is 30.2 Å². The highest BCUT2D eigenvalue weighted by atomic mass is 19.1. The SMILES string of the molecule is CCC[NH+]1CCC2(CC1)Oc1ccccc1[C@@H]1CC(c3ccc(F)cc3)=NN12. The molecule has 0 aromatic heterocycles. The molecule has 5 rings (SSSR count). The van der Waals surface area contributed by atoms with E-state index in [1.807, 2.05) is 12.1 Å². The van der Waals surface area contributed by atoms with Gasteiger partial charge in [-0.25, -0.2) is 9.40 Å². The van der Waals surface area contributed by atoms with Crippen molar-refractivity contribution in [2.75, 3.05) is 19.6 Å². The monoisotopic (exact) mass is 380 g/mol. The number of ether oxygens (including phenoxy) is 1. The second-order valence-electron chi connectivity index (χ2n) is 8.20. The van der Waals surface area contributed by atoms with E-state index in [0.717, 1.165) is 49.4 Å². The maximum atomic E-state index is 13.4. The number of para-hydroxylation sites is 1. The van der Waals surface area contributed by atoms with Gasteiger partial charge in [0, 0.05) is 12.0 Å². The fourth-order valence-electron chi connectivity index (χ4n) is 4.97. The third-order valence-electron chi connectivity index (χ3n) is 6.43. The van der Waals surface area contributed by atoms with Crippen LogP contribution in [0.2, 0.25) is 0 Å². The quantitative estimate of drug-likeness (QED) is 0.886. The first-order valence-electron chi connectivity index (χ1n) is 10.4. The highest BCUT2D eigenvalue weighted by Crippen LogP contribution is 2.49. The number of likely N-dealkylation sites (tertiary alicyclic amines) is 1. The Hall–Kier alpha value is -2.40. The normalized spacial score (nSPS) is 28.5. The van der Waals surface area contributed by atoms with Crippen molar-refractivity contribution in [1.82, 2.24) is 5.01 Å².